The Kier molecular flexibility index (Phi) is 5.75. The van der Waals surface area contributed by atoms with E-state index < -0.39 is 10.0 Å². The Morgan fingerprint density at radius 3 is 2.64 bits per heavy atom. The topological polar surface area (TPSA) is 120 Å². The van der Waals surface area contributed by atoms with Gasteiger partial charge in [-0.2, -0.15) is 5.10 Å². The molecule has 0 saturated carbocycles. The third-order valence-corrected chi connectivity index (χ3v) is 5.35. The van der Waals surface area contributed by atoms with Gasteiger partial charge in [-0.1, -0.05) is 13.8 Å². The Morgan fingerprint density at radius 2 is 2.00 bits per heavy atom. The molecule has 0 aliphatic heterocycles. The largest absolute Gasteiger partial charge is 0.369 e. The van der Waals surface area contributed by atoms with Crippen LogP contribution in [-0.2, 0) is 17.1 Å². The molecule has 0 aliphatic rings. The lowest BCUT2D eigenvalue weighted by Gasteiger charge is -2.08. The molecule has 3 aromatic rings. The van der Waals surface area contributed by atoms with Crippen molar-refractivity contribution in [2.45, 2.75) is 31.7 Å². The molecule has 0 bridgehead atoms. The lowest BCUT2D eigenvalue weighted by molar-refractivity contribution is 0.579. The molecule has 0 spiro atoms. The first-order valence-corrected chi connectivity index (χ1v) is 10.4. The summed E-state index contributed by atoms with van der Waals surface area (Å²) in [4.78, 5) is 12.6. The van der Waals surface area contributed by atoms with Crippen LogP contribution >= 0.6 is 0 Å². The number of sulfonamides is 1. The minimum Gasteiger partial charge on any atom is -0.369 e. The van der Waals surface area contributed by atoms with Crippen molar-refractivity contribution in [3.05, 3.63) is 42.4 Å². The second-order valence-electron chi connectivity index (χ2n) is 6.69. The van der Waals surface area contributed by atoms with E-state index in [0.717, 1.165) is 11.5 Å². The van der Waals surface area contributed by atoms with E-state index >= 15 is 0 Å². The van der Waals surface area contributed by atoms with Crippen molar-refractivity contribution in [3.63, 3.8) is 0 Å². The number of hydrogen-bond acceptors (Lipinski definition) is 7. The fourth-order valence-corrected chi connectivity index (χ4v) is 3.71. The molecule has 2 N–H and O–H groups in total. The van der Waals surface area contributed by atoms with E-state index in [-0.39, 0.29) is 17.5 Å². The highest BCUT2D eigenvalue weighted by atomic mass is 32.2. The first-order valence-electron chi connectivity index (χ1n) is 8.88. The minimum atomic E-state index is -3.67. The van der Waals surface area contributed by atoms with E-state index in [9.17, 15) is 8.42 Å². The second-order valence-corrected chi connectivity index (χ2v) is 8.40. The Labute approximate surface area is 164 Å². The van der Waals surface area contributed by atoms with Crippen LogP contribution in [0.5, 0.6) is 0 Å². The fraction of sp³-hybridized carbons (Fsp3) is 0.412. The minimum absolute atomic E-state index is 0.0251. The smallest absolute Gasteiger partial charge is 0.259 e. The summed E-state index contributed by atoms with van der Waals surface area (Å²) < 4.78 is 30.8. The van der Waals surface area contributed by atoms with Crippen molar-refractivity contribution in [3.8, 4) is 5.82 Å². The Morgan fingerprint density at radius 1 is 1.21 bits per heavy atom. The summed E-state index contributed by atoms with van der Waals surface area (Å²) in [6, 6.07) is 3.63. The molecule has 3 aromatic heterocycles. The molecule has 0 radical (unpaired) electrons. The Balaban J connectivity index is 1.57. The molecular weight excluding hydrogens is 380 g/mol. The van der Waals surface area contributed by atoms with Gasteiger partial charge in [-0.15, -0.1) is 0 Å². The van der Waals surface area contributed by atoms with Gasteiger partial charge >= 0.3 is 0 Å². The second kappa shape index (κ2) is 8.07. The SMILES string of the molecule is Cc1ccn(-c2cc(NCCNS(=O)(=O)c3cn(C)c(C(C)C)n3)ncn2)n1. The van der Waals surface area contributed by atoms with Gasteiger partial charge in [0.15, 0.2) is 10.8 Å². The number of aryl methyl sites for hydroxylation is 2. The van der Waals surface area contributed by atoms with Crippen LogP contribution in [0.4, 0.5) is 5.82 Å². The number of imidazole rings is 1. The van der Waals surface area contributed by atoms with E-state index in [2.05, 4.69) is 30.1 Å². The van der Waals surface area contributed by atoms with Crippen LogP contribution in [-0.4, -0.2) is 50.8 Å². The van der Waals surface area contributed by atoms with Gasteiger partial charge in [-0.05, 0) is 13.0 Å². The summed E-state index contributed by atoms with van der Waals surface area (Å²) in [5, 5.41) is 7.40. The highest BCUT2D eigenvalue weighted by molar-refractivity contribution is 7.89. The molecule has 150 valence electrons. The van der Waals surface area contributed by atoms with Gasteiger partial charge in [0.25, 0.3) is 10.0 Å². The molecule has 3 heterocycles. The molecule has 28 heavy (non-hydrogen) atoms. The van der Waals surface area contributed by atoms with Crippen LogP contribution in [0.2, 0.25) is 0 Å². The van der Waals surface area contributed by atoms with Gasteiger partial charge in [0, 0.05) is 44.5 Å². The molecule has 0 amide bonds. The lowest BCUT2D eigenvalue weighted by Crippen LogP contribution is -2.29. The standard InChI is InChI=1S/C17H24N8O2S/c1-12(2)17-22-16(10-24(17)4)28(26,27)21-7-6-18-14-9-15(20-11-19-14)25-8-5-13(3)23-25/h5,8-12,21H,6-7H2,1-4H3,(H,18,19,20). The summed E-state index contributed by atoms with van der Waals surface area (Å²) in [5.74, 6) is 2.07. The zero-order valence-electron chi connectivity index (χ0n) is 16.3. The molecule has 0 unspecified atom stereocenters. The Hall–Kier alpha value is -2.79. The maximum atomic E-state index is 12.4. The fourth-order valence-electron chi connectivity index (χ4n) is 2.68. The predicted octanol–water partition coefficient (Wildman–Crippen LogP) is 1.22. The average molecular weight is 405 g/mol. The van der Waals surface area contributed by atoms with Crippen molar-refractivity contribution in [2.75, 3.05) is 18.4 Å². The third-order valence-electron chi connectivity index (χ3n) is 4.01. The van der Waals surface area contributed by atoms with E-state index in [1.807, 2.05) is 33.0 Å². The Bertz CT molecular complexity index is 1050. The number of aromatic nitrogens is 6. The van der Waals surface area contributed by atoms with Crippen molar-refractivity contribution in [2.24, 2.45) is 7.05 Å². The molecule has 0 atom stereocenters. The molecule has 3 rings (SSSR count). The van der Waals surface area contributed by atoms with Crippen molar-refractivity contribution in [1.29, 1.82) is 0 Å². The van der Waals surface area contributed by atoms with E-state index in [0.29, 0.717) is 18.2 Å². The van der Waals surface area contributed by atoms with Crippen LogP contribution in [0.1, 0.15) is 31.3 Å². The van der Waals surface area contributed by atoms with E-state index in [1.54, 1.807) is 22.4 Å². The van der Waals surface area contributed by atoms with Crippen molar-refractivity contribution >= 4 is 15.8 Å². The maximum Gasteiger partial charge on any atom is 0.259 e. The van der Waals surface area contributed by atoms with Crippen LogP contribution < -0.4 is 10.0 Å². The normalized spacial score (nSPS) is 11.9. The highest BCUT2D eigenvalue weighted by Gasteiger charge is 2.20. The number of rotatable bonds is 8. The summed E-state index contributed by atoms with van der Waals surface area (Å²) in [6.07, 6.45) is 4.77. The summed E-state index contributed by atoms with van der Waals surface area (Å²) in [7, 11) is -1.88. The van der Waals surface area contributed by atoms with Gasteiger partial charge in [0.05, 0.1) is 5.69 Å². The van der Waals surface area contributed by atoms with Gasteiger partial charge < -0.3 is 9.88 Å². The molecule has 0 fully saturated rings. The van der Waals surface area contributed by atoms with Crippen molar-refractivity contribution < 1.29 is 8.42 Å². The quantitative estimate of drug-likeness (QED) is 0.542. The van der Waals surface area contributed by atoms with Gasteiger partial charge in [0.1, 0.15) is 18.0 Å². The van der Waals surface area contributed by atoms with E-state index in [4.69, 9.17) is 0 Å². The van der Waals surface area contributed by atoms with Crippen LogP contribution in [0, 0.1) is 6.92 Å². The van der Waals surface area contributed by atoms with Crippen LogP contribution in [0.25, 0.3) is 5.82 Å². The predicted molar refractivity (Wildman–Crippen MR) is 105 cm³/mol. The molecule has 10 nitrogen and oxygen atoms in total. The highest BCUT2D eigenvalue weighted by Crippen LogP contribution is 2.15. The van der Waals surface area contributed by atoms with E-state index in [1.165, 1.54) is 12.5 Å². The number of nitrogens with one attached hydrogen (secondary N) is 2. The monoisotopic (exact) mass is 404 g/mol. The zero-order valence-corrected chi connectivity index (χ0v) is 17.1. The van der Waals surface area contributed by atoms with Crippen LogP contribution in [0.15, 0.2) is 35.9 Å². The number of nitrogens with zero attached hydrogens (tertiary/aromatic N) is 6. The summed E-state index contributed by atoms with van der Waals surface area (Å²) >= 11 is 0. The maximum absolute atomic E-state index is 12.4. The zero-order chi connectivity index (χ0) is 20.3. The first-order chi connectivity index (χ1) is 13.3. The molecular formula is C17H24N8O2S. The summed E-state index contributed by atoms with van der Waals surface area (Å²) in [6.45, 7) is 6.38. The third kappa shape index (κ3) is 4.54. The number of anilines is 1. The van der Waals surface area contributed by atoms with Crippen molar-refractivity contribution in [1.82, 2.24) is 34.0 Å². The average Bonchev–Trinajstić information content (AvgIpc) is 3.25. The summed E-state index contributed by atoms with van der Waals surface area (Å²) in [5.41, 5.74) is 0.887. The molecule has 0 saturated heterocycles. The number of hydrogen-bond donors (Lipinski definition) is 2. The molecule has 0 aromatic carbocycles. The molecule has 0 aliphatic carbocycles. The van der Waals surface area contributed by atoms with Gasteiger partial charge in [-0.25, -0.2) is 32.8 Å². The first kappa shape index (κ1) is 20.0. The van der Waals surface area contributed by atoms with Crippen LogP contribution in [0.3, 0.4) is 0 Å². The van der Waals surface area contributed by atoms with Gasteiger partial charge in [-0.3, -0.25) is 0 Å². The van der Waals surface area contributed by atoms with Gasteiger partial charge in [0.2, 0.25) is 0 Å². The molecule has 11 heteroatoms. The lowest BCUT2D eigenvalue weighted by atomic mass is 10.2.